The summed E-state index contributed by atoms with van der Waals surface area (Å²) in [5.74, 6) is -4.06. The summed E-state index contributed by atoms with van der Waals surface area (Å²) in [6.45, 7) is 5.00. The van der Waals surface area contributed by atoms with Crippen molar-refractivity contribution in [2.24, 2.45) is 16.5 Å². The molecule has 3 N–H and O–H groups in total. The molecule has 3 atom stereocenters. The molecular formula is C62H53ClN6O7S2. The summed E-state index contributed by atoms with van der Waals surface area (Å²) in [5, 5.41) is 22.7. The Labute approximate surface area is 465 Å². The predicted octanol–water partition coefficient (Wildman–Crippen LogP) is 11.7. The van der Waals surface area contributed by atoms with Crippen molar-refractivity contribution >= 4 is 69.3 Å². The number of pyridine rings is 1. The van der Waals surface area contributed by atoms with Gasteiger partial charge in [-0.25, -0.2) is 9.78 Å². The van der Waals surface area contributed by atoms with E-state index in [-0.39, 0.29) is 34.5 Å². The van der Waals surface area contributed by atoms with Gasteiger partial charge in [-0.1, -0.05) is 222 Å². The zero-order valence-corrected chi connectivity index (χ0v) is 45.0. The van der Waals surface area contributed by atoms with Crippen LogP contribution in [0.4, 0.5) is 5.13 Å². The minimum absolute atomic E-state index is 0.0470. The molecule has 0 spiro atoms. The zero-order valence-electron chi connectivity index (χ0n) is 42.7. The Hall–Kier alpha value is -8.37. The van der Waals surface area contributed by atoms with Crippen molar-refractivity contribution in [1.82, 2.24) is 20.2 Å². The smallest absolute Gasteiger partial charge is 0.353 e. The summed E-state index contributed by atoms with van der Waals surface area (Å²) in [7, 11) is 0. The van der Waals surface area contributed by atoms with E-state index in [9.17, 15) is 19.5 Å². The second-order valence-corrected chi connectivity index (χ2v) is 22.5. The molecule has 0 radical (unpaired) electrons. The maximum absolute atomic E-state index is 15.5. The highest BCUT2D eigenvalue weighted by Gasteiger charge is 2.56. The number of carboxylic acid groups (broad SMARTS) is 1. The van der Waals surface area contributed by atoms with Crippen molar-refractivity contribution < 1.29 is 33.9 Å². The Kier molecular flexibility index (Phi) is 15.4. The van der Waals surface area contributed by atoms with Crippen LogP contribution in [0.5, 0.6) is 0 Å². The first-order chi connectivity index (χ1) is 37.8. The molecule has 0 saturated carbocycles. The number of nitrogens with zero attached hydrogens (tertiary/aromatic N) is 4. The Bertz CT molecular complexity index is 3300. The number of carbonyl (C=O) groups is 4. The van der Waals surface area contributed by atoms with Gasteiger partial charge in [-0.15, -0.1) is 0 Å². The predicted molar refractivity (Wildman–Crippen MR) is 303 cm³/mol. The number of halogens is 1. The molecule has 16 heteroatoms. The molecule has 1 unspecified atom stereocenters. The van der Waals surface area contributed by atoms with Crippen LogP contribution in [0, 0.1) is 11.3 Å². The molecule has 8 aromatic rings. The van der Waals surface area contributed by atoms with Crippen molar-refractivity contribution in [1.29, 1.82) is 0 Å². The molecule has 0 bridgehead atoms. The number of carboxylic acids is 1. The second-order valence-electron chi connectivity index (χ2n) is 19.7. The first-order valence-electron chi connectivity index (χ1n) is 25.2. The summed E-state index contributed by atoms with van der Waals surface area (Å²) in [4.78, 5) is 75.0. The molecule has 392 valence electrons. The number of nitrogens with one attached hydrogen (secondary N) is 2. The van der Waals surface area contributed by atoms with Gasteiger partial charge in [0.2, 0.25) is 5.60 Å². The lowest BCUT2D eigenvalue weighted by atomic mass is 9.77. The lowest BCUT2D eigenvalue weighted by Gasteiger charge is -2.51. The Morgan fingerprint density at radius 3 is 1.63 bits per heavy atom. The number of thiazole rings is 1. The molecule has 2 aliphatic rings. The lowest BCUT2D eigenvalue weighted by molar-refractivity contribution is -0.159. The van der Waals surface area contributed by atoms with Crippen LogP contribution < -0.4 is 10.6 Å². The first kappa shape index (κ1) is 53.0. The van der Waals surface area contributed by atoms with Gasteiger partial charge in [0.1, 0.15) is 27.3 Å². The zero-order chi connectivity index (χ0) is 54.4. The number of esters is 1. The summed E-state index contributed by atoms with van der Waals surface area (Å²) in [6, 6.07) is 59.7. The van der Waals surface area contributed by atoms with E-state index in [2.05, 4.69) is 15.6 Å². The molecule has 6 aromatic carbocycles. The average Bonchev–Trinajstić information content (AvgIpc) is 3.93. The third-order valence-electron chi connectivity index (χ3n) is 13.7. The number of aromatic nitrogens is 2. The number of anilines is 1. The second kappa shape index (κ2) is 22.7. The molecule has 10 rings (SSSR count). The molecule has 1 saturated heterocycles. The van der Waals surface area contributed by atoms with E-state index in [0.717, 1.165) is 39.8 Å². The van der Waals surface area contributed by atoms with Gasteiger partial charge in [-0.3, -0.25) is 24.3 Å². The highest BCUT2D eigenvalue weighted by Crippen LogP contribution is 2.48. The van der Waals surface area contributed by atoms with Crippen LogP contribution in [-0.2, 0) is 39.9 Å². The minimum atomic E-state index is -1.46. The molecule has 2 aromatic heterocycles. The Morgan fingerprint density at radius 2 is 1.18 bits per heavy atom. The van der Waals surface area contributed by atoms with Crippen LogP contribution in [0.25, 0.3) is 0 Å². The third kappa shape index (κ3) is 10.4. The van der Waals surface area contributed by atoms with Crippen LogP contribution in [0.2, 0.25) is 4.34 Å². The molecule has 2 amide bonds. The van der Waals surface area contributed by atoms with Gasteiger partial charge in [0.15, 0.2) is 10.8 Å². The fourth-order valence-corrected chi connectivity index (χ4v) is 12.2. The monoisotopic (exact) mass is 1090 g/mol. The molecule has 78 heavy (non-hydrogen) atoms. The summed E-state index contributed by atoms with van der Waals surface area (Å²) in [5.41, 5.74) is 0.731. The van der Waals surface area contributed by atoms with E-state index in [0.29, 0.717) is 31.6 Å². The number of carbonyl (C=O) groups excluding carboxylic acids is 3. The number of benzene rings is 6. The van der Waals surface area contributed by atoms with E-state index >= 15 is 4.79 Å². The highest BCUT2D eigenvalue weighted by molar-refractivity contribution is 8.03. The number of hydrogen-bond acceptors (Lipinski definition) is 12. The quantitative estimate of drug-likeness (QED) is 0.0245. The largest absolute Gasteiger partial charge is 0.477 e. The summed E-state index contributed by atoms with van der Waals surface area (Å²) >= 11 is 9.58. The summed E-state index contributed by atoms with van der Waals surface area (Å²) in [6.07, 6.45) is 3.29. The number of ether oxygens (including phenoxy) is 1. The van der Waals surface area contributed by atoms with Crippen LogP contribution in [0.1, 0.15) is 66.3 Å². The number of thioether (sulfide) groups is 1. The third-order valence-corrected chi connectivity index (χ3v) is 16.2. The number of oxime groups is 1. The standard InChI is InChI=1S/C62H53ClN6O7S2/c1-60(2,3)58(74)75-39-40-38-48-49(56(71)69(48)52(57(72)73)53(40)77-47-34-36-64-37-35-47)65-55(70)51(68-76-62(44-28-16-7-17-29-44,45-30-18-8-19-31-45)46-32-20-9-21-33-46)50-54(63)78-59(66-50)67-61(41-22-10-4-11-23-41,42-24-12-5-13-25-42)43-26-14-6-15-27-43/h4-37,40,48-49H,38-39H2,1-3H3,(H,65,70)(H,66,67)(H,72,73)/t40?,48-,49+/m1/s1. The summed E-state index contributed by atoms with van der Waals surface area (Å²) < 4.78 is 5.93. The number of fused-ring (bicyclic) bond motifs is 1. The van der Waals surface area contributed by atoms with E-state index in [1.807, 2.05) is 182 Å². The van der Waals surface area contributed by atoms with Crippen molar-refractivity contribution in [3.63, 3.8) is 0 Å². The maximum atomic E-state index is 15.5. The van der Waals surface area contributed by atoms with E-state index in [4.69, 9.17) is 31.3 Å². The van der Waals surface area contributed by atoms with Gasteiger partial charge in [-0.05, 0) is 56.0 Å². The molecule has 4 heterocycles. The molecule has 2 aliphatic heterocycles. The van der Waals surface area contributed by atoms with Gasteiger partial charge in [-0.2, -0.15) is 0 Å². The Morgan fingerprint density at radius 1 is 0.718 bits per heavy atom. The molecular weight excluding hydrogens is 1040 g/mol. The van der Waals surface area contributed by atoms with Gasteiger partial charge >= 0.3 is 11.9 Å². The van der Waals surface area contributed by atoms with Crippen LogP contribution in [0.15, 0.2) is 227 Å². The fourth-order valence-electron chi connectivity index (χ4n) is 9.98. The van der Waals surface area contributed by atoms with E-state index in [1.165, 1.54) is 4.90 Å². The van der Waals surface area contributed by atoms with Gasteiger partial charge in [0, 0.05) is 44.8 Å². The topological polar surface area (TPSA) is 172 Å². The van der Waals surface area contributed by atoms with Crippen molar-refractivity contribution in [3.05, 3.63) is 261 Å². The number of aliphatic carboxylic acids is 1. The van der Waals surface area contributed by atoms with Gasteiger partial charge in [0.25, 0.3) is 11.8 Å². The van der Waals surface area contributed by atoms with Crippen molar-refractivity contribution in [2.75, 3.05) is 11.9 Å². The molecule has 0 aliphatic carbocycles. The van der Waals surface area contributed by atoms with Crippen molar-refractivity contribution in [3.8, 4) is 0 Å². The number of amides is 2. The van der Waals surface area contributed by atoms with Gasteiger partial charge < -0.3 is 25.3 Å². The first-order valence-corrected chi connectivity index (χ1v) is 27.2. The molecule has 13 nitrogen and oxygen atoms in total. The maximum Gasteiger partial charge on any atom is 0.353 e. The van der Waals surface area contributed by atoms with E-state index < -0.39 is 58.3 Å². The van der Waals surface area contributed by atoms with Gasteiger partial charge in [0.05, 0.1) is 18.1 Å². The van der Waals surface area contributed by atoms with Crippen LogP contribution in [0.3, 0.4) is 0 Å². The van der Waals surface area contributed by atoms with Crippen LogP contribution >= 0.6 is 34.7 Å². The highest BCUT2D eigenvalue weighted by atomic mass is 35.5. The normalized spacial score (nSPS) is 16.6. The average molecular weight is 1090 g/mol. The Balaban J connectivity index is 1.09. The van der Waals surface area contributed by atoms with Crippen molar-refractivity contribution in [2.45, 2.75) is 55.3 Å². The number of hydrogen-bond donors (Lipinski definition) is 3. The van der Waals surface area contributed by atoms with E-state index in [1.54, 1.807) is 45.3 Å². The SMILES string of the molecule is CC(C)(C)C(=O)OCC1C[C@@H]2[C@H](NC(=O)C(=NOC(c3ccccc3)(c3ccccc3)c3ccccc3)c3nc(NC(c4ccccc4)(c4ccccc4)c4ccccc4)sc3Cl)C(=O)N2C(C(=O)O)=C1Sc1ccncc1. The number of rotatable bonds is 18. The van der Waals surface area contributed by atoms with Crippen LogP contribution in [-0.4, -0.2) is 68.1 Å². The fraction of sp³-hybridized carbons (Fsp3) is 0.177. The minimum Gasteiger partial charge on any atom is -0.477 e. The number of β-lactam (4-membered cyclic amide) rings is 1. The molecule has 1 fully saturated rings. The lowest BCUT2D eigenvalue weighted by Crippen LogP contribution is -2.72.